The molecular weight excluding hydrogens is 274 g/mol. The molecule has 0 saturated heterocycles. The zero-order valence-corrected chi connectivity index (χ0v) is 11.6. The number of hydrogen-bond donors (Lipinski definition) is 3. The number of nitrogens with one attached hydrogen (secondary N) is 3. The summed E-state index contributed by atoms with van der Waals surface area (Å²) >= 11 is 0. The average molecular weight is 291 g/mol. The third kappa shape index (κ3) is 3.79. The Morgan fingerprint density at radius 1 is 1.33 bits per heavy atom. The largest absolute Gasteiger partial charge is 0.383 e. The SMILES string of the molecule is COCCNC(=O)C[C@@H]1NC(=O)c2ccccc2NC1=O. The van der Waals surface area contributed by atoms with E-state index in [1.807, 2.05) is 0 Å². The van der Waals surface area contributed by atoms with Gasteiger partial charge in [-0.1, -0.05) is 12.1 Å². The van der Waals surface area contributed by atoms with Gasteiger partial charge in [-0.2, -0.15) is 0 Å². The van der Waals surface area contributed by atoms with Crippen LogP contribution in [0.5, 0.6) is 0 Å². The van der Waals surface area contributed by atoms with Gasteiger partial charge >= 0.3 is 0 Å². The maximum Gasteiger partial charge on any atom is 0.254 e. The van der Waals surface area contributed by atoms with Crippen LogP contribution in [0.4, 0.5) is 5.69 Å². The van der Waals surface area contributed by atoms with Crippen molar-refractivity contribution in [1.29, 1.82) is 0 Å². The first kappa shape index (κ1) is 15.0. The molecular formula is C14H17N3O4. The van der Waals surface area contributed by atoms with Crippen LogP contribution in [0.2, 0.25) is 0 Å². The summed E-state index contributed by atoms with van der Waals surface area (Å²) in [5.74, 6) is -1.10. The molecule has 1 atom stereocenters. The number of anilines is 1. The number of ether oxygens (including phenoxy) is 1. The van der Waals surface area contributed by atoms with E-state index in [-0.39, 0.29) is 18.2 Å². The van der Waals surface area contributed by atoms with Gasteiger partial charge in [-0.05, 0) is 12.1 Å². The predicted octanol–water partition coefficient (Wildman–Crippen LogP) is -0.110. The van der Waals surface area contributed by atoms with Crippen molar-refractivity contribution in [3.8, 4) is 0 Å². The normalized spacial score (nSPS) is 17.3. The molecule has 1 aromatic carbocycles. The third-order valence-electron chi connectivity index (χ3n) is 3.07. The molecule has 0 saturated carbocycles. The lowest BCUT2D eigenvalue weighted by molar-refractivity contribution is -0.125. The molecule has 3 N–H and O–H groups in total. The van der Waals surface area contributed by atoms with Crippen molar-refractivity contribution in [3.05, 3.63) is 29.8 Å². The van der Waals surface area contributed by atoms with Crippen molar-refractivity contribution < 1.29 is 19.1 Å². The monoisotopic (exact) mass is 291 g/mol. The van der Waals surface area contributed by atoms with Gasteiger partial charge in [0.25, 0.3) is 5.91 Å². The molecule has 1 aromatic rings. The van der Waals surface area contributed by atoms with E-state index in [0.29, 0.717) is 24.4 Å². The van der Waals surface area contributed by atoms with Crippen LogP contribution in [0.15, 0.2) is 24.3 Å². The molecule has 7 nitrogen and oxygen atoms in total. The summed E-state index contributed by atoms with van der Waals surface area (Å²) in [6.45, 7) is 0.748. The highest BCUT2D eigenvalue weighted by Gasteiger charge is 2.29. The fourth-order valence-corrected chi connectivity index (χ4v) is 2.01. The van der Waals surface area contributed by atoms with E-state index in [0.717, 1.165) is 0 Å². The van der Waals surface area contributed by atoms with Crippen molar-refractivity contribution in [2.45, 2.75) is 12.5 Å². The standard InChI is InChI=1S/C14H17N3O4/c1-21-7-6-15-12(18)8-11-14(20)16-10-5-3-2-4-9(10)13(19)17-11/h2-5,11H,6-8H2,1H3,(H,15,18)(H,16,20)(H,17,19)/t11-/m0/s1. The summed E-state index contributed by atoms with van der Waals surface area (Å²) in [5.41, 5.74) is 0.829. The number of para-hydroxylation sites is 1. The van der Waals surface area contributed by atoms with Gasteiger partial charge < -0.3 is 20.7 Å². The van der Waals surface area contributed by atoms with Gasteiger partial charge in [0, 0.05) is 13.7 Å². The van der Waals surface area contributed by atoms with E-state index < -0.39 is 11.9 Å². The maximum absolute atomic E-state index is 12.1. The third-order valence-corrected chi connectivity index (χ3v) is 3.07. The predicted molar refractivity (Wildman–Crippen MR) is 75.8 cm³/mol. The summed E-state index contributed by atoms with van der Waals surface area (Å²) in [6, 6.07) is 5.80. The highest BCUT2D eigenvalue weighted by molar-refractivity contribution is 6.10. The summed E-state index contributed by atoms with van der Waals surface area (Å²) in [5, 5.41) is 7.82. The van der Waals surface area contributed by atoms with Gasteiger partial charge in [-0.3, -0.25) is 14.4 Å². The summed E-state index contributed by atoms with van der Waals surface area (Å²) in [4.78, 5) is 35.8. The lowest BCUT2D eigenvalue weighted by Crippen LogP contribution is -2.44. The van der Waals surface area contributed by atoms with Gasteiger partial charge in [0.1, 0.15) is 6.04 Å². The van der Waals surface area contributed by atoms with E-state index in [1.54, 1.807) is 24.3 Å². The molecule has 0 aromatic heterocycles. The van der Waals surface area contributed by atoms with Gasteiger partial charge in [0.15, 0.2) is 0 Å². The number of carbonyl (C=O) groups is 3. The molecule has 0 spiro atoms. The molecule has 3 amide bonds. The summed E-state index contributed by atoms with van der Waals surface area (Å²) < 4.78 is 4.82. The first-order valence-electron chi connectivity index (χ1n) is 6.58. The minimum Gasteiger partial charge on any atom is -0.383 e. The number of carbonyl (C=O) groups excluding carboxylic acids is 3. The highest BCUT2D eigenvalue weighted by atomic mass is 16.5. The Morgan fingerprint density at radius 2 is 2.10 bits per heavy atom. The van der Waals surface area contributed by atoms with E-state index in [1.165, 1.54) is 7.11 Å². The second kappa shape index (κ2) is 6.85. The Balaban J connectivity index is 2.02. The van der Waals surface area contributed by atoms with Crippen LogP contribution in [0.1, 0.15) is 16.8 Å². The number of benzene rings is 1. The lowest BCUT2D eigenvalue weighted by Gasteiger charge is -2.14. The first-order valence-corrected chi connectivity index (χ1v) is 6.58. The van der Waals surface area contributed by atoms with E-state index in [4.69, 9.17) is 4.74 Å². The molecule has 21 heavy (non-hydrogen) atoms. The first-order chi connectivity index (χ1) is 10.1. The minimum absolute atomic E-state index is 0.116. The molecule has 7 heteroatoms. The molecule has 1 aliphatic rings. The number of amides is 3. The molecule has 1 aliphatic heterocycles. The second-order valence-electron chi connectivity index (χ2n) is 4.61. The van der Waals surface area contributed by atoms with Crippen LogP contribution >= 0.6 is 0 Å². The molecule has 0 bridgehead atoms. The Bertz CT molecular complexity index is 559. The molecule has 112 valence electrons. The maximum atomic E-state index is 12.1. The molecule has 2 rings (SSSR count). The molecule has 1 heterocycles. The summed E-state index contributed by atoms with van der Waals surface area (Å²) in [7, 11) is 1.53. The molecule has 0 aliphatic carbocycles. The van der Waals surface area contributed by atoms with E-state index in [2.05, 4.69) is 16.0 Å². The number of methoxy groups -OCH3 is 1. The fraction of sp³-hybridized carbons (Fsp3) is 0.357. The van der Waals surface area contributed by atoms with Crippen LogP contribution in [0.25, 0.3) is 0 Å². The number of rotatable bonds is 5. The van der Waals surface area contributed by atoms with Crippen molar-refractivity contribution in [2.24, 2.45) is 0 Å². The smallest absolute Gasteiger partial charge is 0.254 e. The van der Waals surface area contributed by atoms with Crippen molar-refractivity contribution in [3.63, 3.8) is 0 Å². The fourth-order valence-electron chi connectivity index (χ4n) is 2.01. The minimum atomic E-state index is -0.896. The molecule has 0 radical (unpaired) electrons. The van der Waals surface area contributed by atoms with E-state index in [9.17, 15) is 14.4 Å². The lowest BCUT2D eigenvalue weighted by atomic mass is 10.1. The second-order valence-corrected chi connectivity index (χ2v) is 4.61. The highest BCUT2D eigenvalue weighted by Crippen LogP contribution is 2.18. The van der Waals surface area contributed by atoms with Gasteiger partial charge in [0.05, 0.1) is 24.3 Å². The van der Waals surface area contributed by atoms with Gasteiger partial charge in [-0.25, -0.2) is 0 Å². The van der Waals surface area contributed by atoms with Crippen molar-refractivity contribution in [1.82, 2.24) is 10.6 Å². The van der Waals surface area contributed by atoms with Crippen LogP contribution in [-0.2, 0) is 14.3 Å². The van der Waals surface area contributed by atoms with Crippen LogP contribution in [0, 0.1) is 0 Å². The van der Waals surface area contributed by atoms with Crippen LogP contribution in [-0.4, -0.2) is 44.0 Å². The quantitative estimate of drug-likeness (QED) is 0.659. The number of fused-ring (bicyclic) bond motifs is 1. The zero-order chi connectivity index (χ0) is 15.2. The Labute approximate surface area is 122 Å². The Morgan fingerprint density at radius 3 is 2.86 bits per heavy atom. The van der Waals surface area contributed by atoms with Gasteiger partial charge in [0.2, 0.25) is 11.8 Å². The van der Waals surface area contributed by atoms with Crippen molar-refractivity contribution >= 4 is 23.4 Å². The van der Waals surface area contributed by atoms with E-state index >= 15 is 0 Å². The average Bonchev–Trinajstić information content (AvgIpc) is 2.57. The molecule has 0 unspecified atom stereocenters. The van der Waals surface area contributed by atoms with Crippen LogP contribution in [0.3, 0.4) is 0 Å². The van der Waals surface area contributed by atoms with Crippen LogP contribution < -0.4 is 16.0 Å². The Hall–Kier alpha value is -2.41. The number of hydrogen-bond acceptors (Lipinski definition) is 4. The molecule has 0 fully saturated rings. The van der Waals surface area contributed by atoms with Crippen molar-refractivity contribution in [2.75, 3.05) is 25.6 Å². The van der Waals surface area contributed by atoms with Gasteiger partial charge in [-0.15, -0.1) is 0 Å². The summed E-state index contributed by atoms with van der Waals surface area (Å²) in [6.07, 6.45) is -0.116. The Kier molecular flexibility index (Phi) is 4.89. The topological polar surface area (TPSA) is 96.5 Å². The zero-order valence-electron chi connectivity index (χ0n) is 11.6.